The summed E-state index contributed by atoms with van der Waals surface area (Å²) in [5, 5.41) is 3.47. The van der Waals surface area contributed by atoms with Gasteiger partial charge in [0, 0.05) is 17.1 Å². The van der Waals surface area contributed by atoms with Crippen molar-refractivity contribution in [3.05, 3.63) is 92.9 Å². The van der Waals surface area contributed by atoms with Crippen molar-refractivity contribution in [2.45, 2.75) is 6.54 Å². The number of hydrogen-bond donors (Lipinski definition) is 2. The van der Waals surface area contributed by atoms with Crippen LogP contribution in [0.25, 0.3) is 10.9 Å². The van der Waals surface area contributed by atoms with Crippen LogP contribution < -0.4 is 16.6 Å². The van der Waals surface area contributed by atoms with Gasteiger partial charge in [0.25, 0.3) is 11.5 Å². The Morgan fingerprint density at radius 3 is 2.79 bits per heavy atom. The van der Waals surface area contributed by atoms with E-state index in [-0.39, 0.29) is 24.5 Å². The molecule has 0 saturated heterocycles. The Morgan fingerprint density at radius 1 is 1.18 bits per heavy atom. The molecule has 0 aliphatic heterocycles. The van der Waals surface area contributed by atoms with Crippen molar-refractivity contribution in [3.8, 4) is 11.8 Å². The number of nitrogens with zero attached hydrogens (tertiary/aromatic N) is 4. The first kappa shape index (κ1) is 22.8. The highest BCUT2D eigenvalue weighted by Crippen LogP contribution is 2.24. The molecule has 0 unspecified atom stereocenters. The fraction of sp³-hybridized carbons (Fsp3) is 0.0870. The van der Waals surface area contributed by atoms with Crippen molar-refractivity contribution in [1.29, 1.82) is 0 Å². The molecule has 4 rings (SSSR count). The van der Waals surface area contributed by atoms with Gasteiger partial charge in [-0.25, -0.2) is 23.7 Å². The average molecular weight is 481 g/mol. The second-order valence-corrected chi connectivity index (χ2v) is 7.49. The Kier molecular flexibility index (Phi) is 6.47. The van der Waals surface area contributed by atoms with E-state index in [2.05, 4.69) is 32.1 Å². The Bertz CT molecular complexity index is 1540. The summed E-state index contributed by atoms with van der Waals surface area (Å²) in [5.74, 6) is 3.16. The van der Waals surface area contributed by atoms with Crippen molar-refractivity contribution in [1.82, 2.24) is 24.8 Å². The predicted octanol–water partition coefficient (Wildman–Crippen LogP) is 2.53. The number of fused-ring (bicyclic) bond motifs is 1. The molecule has 0 saturated carbocycles. The van der Waals surface area contributed by atoms with Crippen molar-refractivity contribution >= 4 is 34.2 Å². The lowest BCUT2D eigenvalue weighted by atomic mass is 10.1. The fourth-order valence-electron chi connectivity index (χ4n) is 3.11. The van der Waals surface area contributed by atoms with Crippen molar-refractivity contribution in [2.75, 3.05) is 12.3 Å². The summed E-state index contributed by atoms with van der Waals surface area (Å²) < 4.78 is 27.7. The Hall–Kier alpha value is -4.36. The van der Waals surface area contributed by atoms with Crippen LogP contribution in [0.1, 0.15) is 21.5 Å². The van der Waals surface area contributed by atoms with Gasteiger partial charge in [0.05, 0.1) is 30.0 Å². The van der Waals surface area contributed by atoms with Crippen molar-refractivity contribution in [3.63, 3.8) is 0 Å². The number of aromatic nitrogens is 4. The molecule has 2 aromatic heterocycles. The molecule has 11 heteroatoms. The quantitative estimate of drug-likeness (QED) is 0.434. The average Bonchev–Trinajstić information content (AvgIpc) is 2.81. The van der Waals surface area contributed by atoms with Crippen molar-refractivity contribution in [2.24, 2.45) is 0 Å². The van der Waals surface area contributed by atoms with E-state index < -0.39 is 23.1 Å². The minimum Gasteiger partial charge on any atom is -0.383 e. The highest BCUT2D eigenvalue weighted by molar-refractivity contribution is 6.32. The van der Waals surface area contributed by atoms with E-state index in [9.17, 15) is 18.4 Å². The van der Waals surface area contributed by atoms with Crippen LogP contribution in [0, 0.1) is 23.5 Å². The van der Waals surface area contributed by atoms with Gasteiger partial charge >= 0.3 is 0 Å². The maximum Gasteiger partial charge on any atom is 0.266 e. The summed E-state index contributed by atoms with van der Waals surface area (Å²) in [6, 6.07) is 6.54. The number of carbonyl (C=O) groups excluding carboxylic acids is 1. The standard InChI is InChI=1S/C23H15ClF2N6O2/c24-17-8-20-15(21(27)31-11-30-20)7-14(17)2-1-5-29-22(33)16-9-28-12-32(23(16)34)10-13-3-4-18(25)19(26)6-13/h3-4,6-9,11-12H,5,10H2,(H,29,33)(H2,27,30,31). The number of benzene rings is 2. The van der Waals surface area contributed by atoms with E-state index in [0.29, 0.717) is 27.1 Å². The van der Waals surface area contributed by atoms with E-state index >= 15 is 0 Å². The summed E-state index contributed by atoms with van der Waals surface area (Å²) in [7, 11) is 0. The Balaban J connectivity index is 1.47. The van der Waals surface area contributed by atoms with Crippen LogP contribution >= 0.6 is 11.6 Å². The molecule has 1 amide bonds. The van der Waals surface area contributed by atoms with Gasteiger partial charge < -0.3 is 11.1 Å². The lowest BCUT2D eigenvalue weighted by Crippen LogP contribution is -2.33. The van der Waals surface area contributed by atoms with E-state index in [1.54, 1.807) is 12.1 Å². The molecule has 0 fully saturated rings. The summed E-state index contributed by atoms with van der Waals surface area (Å²) in [4.78, 5) is 37.0. The molecule has 8 nitrogen and oxygen atoms in total. The van der Waals surface area contributed by atoms with Crippen LogP contribution in [0.4, 0.5) is 14.6 Å². The second kappa shape index (κ2) is 9.64. The van der Waals surface area contributed by atoms with Gasteiger partial charge in [-0.1, -0.05) is 29.5 Å². The van der Waals surface area contributed by atoms with E-state index in [1.165, 1.54) is 18.7 Å². The minimum atomic E-state index is -1.03. The zero-order valence-electron chi connectivity index (χ0n) is 17.3. The summed E-state index contributed by atoms with van der Waals surface area (Å²) in [5.41, 5.74) is 6.38. The third-order valence-corrected chi connectivity index (χ3v) is 5.11. The van der Waals surface area contributed by atoms with Gasteiger partial charge in [0.15, 0.2) is 11.6 Å². The van der Waals surface area contributed by atoms with Crippen LogP contribution in [-0.4, -0.2) is 32.0 Å². The molecule has 34 heavy (non-hydrogen) atoms. The van der Waals surface area contributed by atoms with Crippen molar-refractivity contribution < 1.29 is 13.6 Å². The normalized spacial score (nSPS) is 10.6. The number of nitrogen functional groups attached to an aromatic ring is 1. The lowest BCUT2D eigenvalue weighted by molar-refractivity contribution is 0.0956. The highest BCUT2D eigenvalue weighted by Gasteiger charge is 2.13. The smallest absolute Gasteiger partial charge is 0.266 e. The molecule has 0 aliphatic carbocycles. The number of carbonyl (C=O) groups is 1. The Labute approximate surface area is 196 Å². The van der Waals surface area contributed by atoms with Gasteiger partial charge in [-0.05, 0) is 29.8 Å². The zero-order chi connectivity index (χ0) is 24.2. The van der Waals surface area contributed by atoms with E-state index in [0.717, 1.165) is 22.9 Å². The molecular formula is C23H15ClF2N6O2. The fourth-order valence-corrected chi connectivity index (χ4v) is 3.31. The minimum absolute atomic E-state index is 0.0779. The summed E-state index contributed by atoms with van der Waals surface area (Å²) in [6.07, 6.45) is 3.66. The van der Waals surface area contributed by atoms with Crippen LogP contribution in [0.5, 0.6) is 0 Å². The highest BCUT2D eigenvalue weighted by atomic mass is 35.5. The monoisotopic (exact) mass is 480 g/mol. The van der Waals surface area contributed by atoms with E-state index in [4.69, 9.17) is 17.3 Å². The molecule has 170 valence electrons. The number of amides is 1. The number of halogens is 3. The van der Waals surface area contributed by atoms with Gasteiger partial charge in [-0.2, -0.15) is 0 Å². The third-order valence-electron chi connectivity index (χ3n) is 4.80. The molecule has 2 heterocycles. The maximum absolute atomic E-state index is 13.4. The molecular weight excluding hydrogens is 466 g/mol. The molecule has 2 aromatic carbocycles. The topological polar surface area (TPSA) is 116 Å². The number of hydrogen-bond acceptors (Lipinski definition) is 6. The van der Waals surface area contributed by atoms with Crippen LogP contribution in [0.15, 0.2) is 54.0 Å². The maximum atomic E-state index is 13.4. The van der Waals surface area contributed by atoms with Gasteiger partial charge in [-0.15, -0.1) is 0 Å². The summed E-state index contributed by atoms with van der Waals surface area (Å²) in [6.45, 7) is -0.164. The number of nitrogens with two attached hydrogens (primary N) is 1. The molecule has 0 aliphatic rings. The molecule has 0 bridgehead atoms. The number of nitrogens with one attached hydrogen (secondary N) is 1. The van der Waals surface area contributed by atoms with Gasteiger partial charge in [-0.3, -0.25) is 14.2 Å². The zero-order valence-corrected chi connectivity index (χ0v) is 18.1. The molecule has 0 radical (unpaired) electrons. The van der Waals surface area contributed by atoms with E-state index in [1.807, 2.05) is 0 Å². The second-order valence-electron chi connectivity index (χ2n) is 7.08. The first-order valence-electron chi connectivity index (χ1n) is 9.78. The first-order chi connectivity index (χ1) is 16.3. The lowest BCUT2D eigenvalue weighted by Gasteiger charge is -2.08. The first-order valence-corrected chi connectivity index (χ1v) is 10.2. The van der Waals surface area contributed by atoms with Gasteiger partial charge in [0.2, 0.25) is 0 Å². The molecule has 3 N–H and O–H groups in total. The molecule has 0 atom stereocenters. The molecule has 0 spiro atoms. The predicted molar refractivity (Wildman–Crippen MR) is 122 cm³/mol. The number of anilines is 1. The van der Waals surface area contributed by atoms with Gasteiger partial charge in [0.1, 0.15) is 17.7 Å². The van der Waals surface area contributed by atoms with Crippen LogP contribution in [0.2, 0.25) is 5.02 Å². The van der Waals surface area contributed by atoms with Crippen LogP contribution in [-0.2, 0) is 6.54 Å². The third kappa shape index (κ3) is 4.84. The largest absolute Gasteiger partial charge is 0.383 e. The Morgan fingerprint density at radius 2 is 2.00 bits per heavy atom. The SMILES string of the molecule is Nc1ncnc2cc(Cl)c(C#CCNC(=O)c3cncn(Cc4ccc(F)c(F)c4)c3=O)cc12. The number of rotatable bonds is 4. The summed E-state index contributed by atoms with van der Waals surface area (Å²) >= 11 is 6.23. The molecule has 4 aromatic rings. The van der Waals surface area contributed by atoms with Crippen LogP contribution in [0.3, 0.4) is 0 Å².